The smallest absolute Gasteiger partial charge is 0.148 e. The molecule has 0 fully saturated rings. The molecule has 106 valence electrons. The summed E-state index contributed by atoms with van der Waals surface area (Å²) in [5.41, 5.74) is 2.20. The lowest BCUT2D eigenvalue weighted by Gasteiger charge is -2.08. The minimum Gasteiger partial charge on any atom is -0.363 e. The highest BCUT2D eigenvalue weighted by Crippen LogP contribution is 2.12. The monoisotopic (exact) mass is 283 g/mol. The first kappa shape index (κ1) is 15.6. The molecule has 0 amide bonds. The van der Waals surface area contributed by atoms with Crippen LogP contribution in [0.5, 0.6) is 0 Å². The molecule has 2 heterocycles. The van der Waals surface area contributed by atoms with E-state index in [0.717, 1.165) is 30.2 Å². The summed E-state index contributed by atoms with van der Waals surface area (Å²) < 4.78 is 3.89. The fourth-order valence-corrected chi connectivity index (χ4v) is 1.88. The molecule has 5 nitrogen and oxygen atoms in total. The third-order valence-electron chi connectivity index (χ3n) is 3.20. The van der Waals surface area contributed by atoms with E-state index < -0.39 is 0 Å². The molecule has 1 atom stereocenters. The Kier molecular flexibility index (Phi) is 5.42. The molecule has 0 aliphatic carbocycles. The lowest BCUT2D eigenvalue weighted by molar-refractivity contribution is 0.479. The largest absolute Gasteiger partial charge is 0.363 e. The Balaban J connectivity index is 0.00000180. The molecular formula is C13H22ClN5. The van der Waals surface area contributed by atoms with Crippen LogP contribution in [0.3, 0.4) is 0 Å². The fourth-order valence-electron chi connectivity index (χ4n) is 1.88. The molecule has 19 heavy (non-hydrogen) atoms. The van der Waals surface area contributed by atoms with Gasteiger partial charge in [-0.05, 0) is 26.3 Å². The maximum Gasteiger partial charge on any atom is 0.148 e. The van der Waals surface area contributed by atoms with Crippen LogP contribution in [0, 0.1) is 6.92 Å². The summed E-state index contributed by atoms with van der Waals surface area (Å²) in [6, 6.07) is 4.54. The summed E-state index contributed by atoms with van der Waals surface area (Å²) in [7, 11) is 1.96. The number of hydrogen-bond acceptors (Lipinski definition) is 3. The fraction of sp³-hybridized carbons (Fsp3) is 0.538. The van der Waals surface area contributed by atoms with E-state index in [-0.39, 0.29) is 12.4 Å². The van der Waals surface area contributed by atoms with E-state index in [2.05, 4.69) is 35.4 Å². The van der Waals surface area contributed by atoms with Crippen molar-refractivity contribution in [1.82, 2.24) is 19.6 Å². The summed E-state index contributed by atoms with van der Waals surface area (Å²) in [4.78, 5) is 0. The van der Waals surface area contributed by atoms with E-state index in [1.165, 1.54) is 0 Å². The molecule has 6 heteroatoms. The summed E-state index contributed by atoms with van der Waals surface area (Å²) in [6.07, 6.45) is 3.10. The van der Waals surface area contributed by atoms with E-state index in [1.54, 1.807) is 0 Å². The number of hydrogen-bond donors (Lipinski definition) is 1. The van der Waals surface area contributed by atoms with E-state index in [9.17, 15) is 0 Å². The van der Waals surface area contributed by atoms with Crippen molar-refractivity contribution in [2.45, 2.75) is 39.8 Å². The van der Waals surface area contributed by atoms with Crippen LogP contribution in [-0.4, -0.2) is 19.6 Å². The molecule has 0 radical (unpaired) electrons. The predicted octanol–water partition coefficient (Wildman–Crippen LogP) is 2.93. The van der Waals surface area contributed by atoms with E-state index in [4.69, 9.17) is 0 Å². The van der Waals surface area contributed by atoms with Crippen LogP contribution in [0.25, 0.3) is 0 Å². The van der Waals surface area contributed by atoms with Gasteiger partial charge in [-0.1, -0.05) is 6.92 Å². The molecular weight excluding hydrogens is 262 g/mol. The predicted molar refractivity (Wildman–Crippen MR) is 79.7 cm³/mol. The number of halogens is 1. The SMILES string of the molecule is CCC(C)n1ccc(NCc2cc(C)nn2C)n1.Cl. The minimum absolute atomic E-state index is 0. The minimum atomic E-state index is 0. The van der Waals surface area contributed by atoms with Crippen molar-refractivity contribution in [2.75, 3.05) is 5.32 Å². The number of nitrogens with zero attached hydrogens (tertiary/aromatic N) is 4. The molecule has 2 aromatic heterocycles. The van der Waals surface area contributed by atoms with Crippen molar-refractivity contribution in [3.05, 3.63) is 29.7 Å². The van der Waals surface area contributed by atoms with Gasteiger partial charge in [-0.25, -0.2) is 0 Å². The number of rotatable bonds is 5. The van der Waals surface area contributed by atoms with Crippen LogP contribution >= 0.6 is 12.4 Å². The Bertz CT molecular complexity index is 517. The topological polar surface area (TPSA) is 47.7 Å². The van der Waals surface area contributed by atoms with Gasteiger partial charge in [0.25, 0.3) is 0 Å². The molecule has 2 aromatic rings. The van der Waals surface area contributed by atoms with Crippen LogP contribution in [0.15, 0.2) is 18.3 Å². The maximum atomic E-state index is 4.51. The van der Waals surface area contributed by atoms with Crippen molar-refractivity contribution < 1.29 is 0 Å². The van der Waals surface area contributed by atoms with Gasteiger partial charge < -0.3 is 5.32 Å². The Morgan fingerprint density at radius 3 is 2.68 bits per heavy atom. The van der Waals surface area contributed by atoms with Crippen molar-refractivity contribution in [1.29, 1.82) is 0 Å². The molecule has 0 spiro atoms. The summed E-state index contributed by atoms with van der Waals surface area (Å²) in [5.74, 6) is 0.911. The Morgan fingerprint density at radius 1 is 1.37 bits per heavy atom. The average molecular weight is 284 g/mol. The van der Waals surface area contributed by atoms with Gasteiger partial charge in [0.1, 0.15) is 5.82 Å². The summed E-state index contributed by atoms with van der Waals surface area (Å²) >= 11 is 0. The molecule has 2 rings (SSSR count). The number of aromatic nitrogens is 4. The first-order chi connectivity index (χ1) is 8.60. The molecule has 0 saturated heterocycles. The highest BCUT2D eigenvalue weighted by atomic mass is 35.5. The van der Waals surface area contributed by atoms with Crippen molar-refractivity contribution >= 4 is 18.2 Å². The van der Waals surface area contributed by atoms with Gasteiger partial charge in [0.05, 0.1) is 17.9 Å². The molecule has 0 aromatic carbocycles. The van der Waals surface area contributed by atoms with Gasteiger partial charge in [0.2, 0.25) is 0 Å². The molecule has 1 unspecified atom stereocenters. The summed E-state index contributed by atoms with van der Waals surface area (Å²) in [5, 5.41) is 12.2. The highest BCUT2D eigenvalue weighted by molar-refractivity contribution is 5.85. The van der Waals surface area contributed by atoms with Crippen LogP contribution in [0.4, 0.5) is 5.82 Å². The Labute approximate surface area is 120 Å². The lowest BCUT2D eigenvalue weighted by Crippen LogP contribution is -2.08. The summed E-state index contributed by atoms with van der Waals surface area (Å²) in [6.45, 7) is 7.08. The normalized spacial score (nSPS) is 12.0. The van der Waals surface area contributed by atoms with E-state index >= 15 is 0 Å². The highest BCUT2D eigenvalue weighted by Gasteiger charge is 2.06. The molecule has 0 aliphatic rings. The van der Waals surface area contributed by atoms with E-state index in [0.29, 0.717) is 6.04 Å². The van der Waals surface area contributed by atoms with Gasteiger partial charge in [-0.3, -0.25) is 9.36 Å². The average Bonchev–Trinajstić information content (AvgIpc) is 2.92. The molecule has 0 aliphatic heterocycles. The zero-order valence-corrected chi connectivity index (χ0v) is 12.7. The van der Waals surface area contributed by atoms with Crippen molar-refractivity contribution in [3.8, 4) is 0 Å². The quantitative estimate of drug-likeness (QED) is 0.918. The van der Waals surface area contributed by atoms with Crippen LogP contribution in [0.2, 0.25) is 0 Å². The van der Waals surface area contributed by atoms with Gasteiger partial charge in [-0.2, -0.15) is 10.2 Å². The van der Waals surface area contributed by atoms with Gasteiger partial charge in [0, 0.05) is 25.4 Å². The van der Waals surface area contributed by atoms with Crippen molar-refractivity contribution in [2.24, 2.45) is 7.05 Å². The first-order valence-corrected chi connectivity index (χ1v) is 6.38. The third-order valence-corrected chi connectivity index (χ3v) is 3.20. The lowest BCUT2D eigenvalue weighted by atomic mass is 10.3. The van der Waals surface area contributed by atoms with Gasteiger partial charge >= 0.3 is 0 Å². The van der Waals surface area contributed by atoms with Gasteiger partial charge in [0.15, 0.2) is 0 Å². The van der Waals surface area contributed by atoms with E-state index in [1.807, 2.05) is 35.6 Å². The Morgan fingerprint density at radius 2 is 2.11 bits per heavy atom. The standard InChI is InChI=1S/C13H21N5.ClH/c1-5-11(3)18-7-6-13(16-18)14-9-12-8-10(2)15-17(12)4;/h6-8,11H,5,9H2,1-4H3,(H,14,16);1H. The Hall–Kier alpha value is -1.49. The number of nitrogens with one attached hydrogen (secondary N) is 1. The second kappa shape index (κ2) is 6.61. The first-order valence-electron chi connectivity index (χ1n) is 6.38. The van der Waals surface area contributed by atoms with Crippen molar-refractivity contribution in [3.63, 3.8) is 0 Å². The second-order valence-corrected chi connectivity index (χ2v) is 4.69. The molecule has 1 N–H and O–H groups in total. The number of aryl methyl sites for hydroxylation is 2. The van der Waals surface area contributed by atoms with Crippen LogP contribution < -0.4 is 5.32 Å². The molecule has 0 saturated carbocycles. The maximum absolute atomic E-state index is 4.51. The zero-order valence-electron chi connectivity index (χ0n) is 11.9. The number of anilines is 1. The third kappa shape index (κ3) is 3.73. The molecule has 0 bridgehead atoms. The zero-order chi connectivity index (χ0) is 13.1. The van der Waals surface area contributed by atoms with Crippen LogP contribution in [0.1, 0.15) is 37.7 Å². The van der Waals surface area contributed by atoms with Crippen LogP contribution in [-0.2, 0) is 13.6 Å². The second-order valence-electron chi connectivity index (χ2n) is 4.69. The van der Waals surface area contributed by atoms with Gasteiger partial charge in [-0.15, -0.1) is 12.4 Å².